The number of benzene rings is 1. The summed E-state index contributed by atoms with van der Waals surface area (Å²) in [6.45, 7) is 3.71. The van der Waals surface area contributed by atoms with Gasteiger partial charge in [0.05, 0.1) is 10.6 Å². The Morgan fingerprint density at radius 1 is 1.04 bits per heavy atom. The quantitative estimate of drug-likeness (QED) is 0.807. The second-order valence-electron chi connectivity index (χ2n) is 7.88. The minimum atomic E-state index is -3.40. The van der Waals surface area contributed by atoms with Crippen LogP contribution in [0, 0.1) is 0 Å². The molecule has 3 aliphatic rings. The van der Waals surface area contributed by atoms with Gasteiger partial charge in [-0.2, -0.15) is 0 Å². The lowest BCUT2D eigenvalue weighted by atomic mass is 10.1. The van der Waals surface area contributed by atoms with E-state index in [4.69, 9.17) is 0 Å². The molecule has 0 spiro atoms. The SMILES string of the molecule is O=C(CCS(=O)(=O)c1ccc2c(c1)CCC2)N1CCCN2CCC[C@@H]2C1. The summed E-state index contributed by atoms with van der Waals surface area (Å²) in [7, 11) is -3.40. The van der Waals surface area contributed by atoms with Crippen LogP contribution in [0.4, 0.5) is 0 Å². The van der Waals surface area contributed by atoms with E-state index in [0.717, 1.165) is 63.8 Å². The van der Waals surface area contributed by atoms with Crippen molar-refractivity contribution in [3.63, 3.8) is 0 Å². The van der Waals surface area contributed by atoms with Crippen LogP contribution in [0.1, 0.15) is 43.2 Å². The molecule has 2 aliphatic heterocycles. The Morgan fingerprint density at radius 3 is 2.73 bits per heavy atom. The molecule has 1 aliphatic carbocycles. The third kappa shape index (κ3) is 3.67. The highest BCUT2D eigenvalue weighted by Crippen LogP contribution is 2.26. The van der Waals surface area contributed by atoms with E-state index in [1.165, 1.54) is 12.0 Å². The largest absolute Gasteiger partial charge is 0.341 e. The molecule has 2 fully saturated rings. The summed E-state index contributed by atoms with van der Waals surface area (Å²) < 4.78 is 25.4. The Hall–Kier alpha value is -1.40. The Balaban J connectivity index is 1.38. The molecule has 2 heterocycles. The van der Waals surface area contributed by atoms with Crippen molar-refractivity contribution in [1.82, 2.24) is 9.80 Å². The van der Waals surface area contributed by atoms with Gasteiger partial charge in [0.2, 0.25) is 5.91 Å². The highest BCUT2D eigenvalue weighted by molar-refractivity contribution is 7.91. The number of hydrogen-bond acceptors (Lipinski definition) is 4. The minimum Gasteiger partial charge on any atom is -0.341 e. The van der Waals surface area contributed by atoms with Gasteiger partial charge in [0.15, 0.2) is 9.84 Å². The van der Waals surface area contributed by atoms with E-state index in [0.29, 0.717) is 10.9 Å². The van der Waals surface area contributed by atoms with Crippen molar-refractivity contribution in [2.75, 3.05) is 31.9 Å². The monoisotopic (exact) mass is 376 g/mol. The van der Waals surface area contributed by atoms with E-state index in [-0.39, 0.29) is 18.1 Å². The van der Waals surface area contributed by atoms with Crippen LogP contribution < -0.4 is 0 Å². The second-order valence-corrected chi connectivity index (χ2v) is 9.99. The molecule has 0 radical (unpaired) electrons. The zero-order valence-corrected chi connectivity index (χ0v) is 16.1. The van der Waals surface area contributed by atoms with Crippen LogP contribution in [-0.2, 0) is 27.5 Å². The van der Waals surface area contributed by atoms with Crippen LogP contribution >= 0.6 is 0 Å². The van der Waals surface area contributed by atoms with Crippen LogP contribution in [0.3, 0.4) is 0 Å². The first-order valence-electron chi connectivity index (χ1n) is 9.89. The van der Waals surface area contributed by atoms with E-state index in [2.05, 4.69) is 4.90 Å². The molecule has 0 aromatic heterocycles. The van der Waals surface area contributed by atoms with E-state index in [9.17, 15) is 13.2 Å². The molecule has 1 aromatic carbocycles. The molecule has 4 rings (SSSR count). The summed E-state index contributed by atoms with van der Waals surface area (Å²) in [5.74, 6) is -0.0985. The van der Waals surface area contributed by atoms with Crippen LogP contribution in [0.25, 0.3) is 0 Å². The van der Waals surface area contributed by atoms with Crippen molar-refractivity contribution in [3.05, 3.63) is 29.3 Å². The molecule has 1 aromatic rings. The summed E-state index contributed by atoms with van der Waals surface area (Å²) in [4.78, 5) is 17.4. The fourth-order valence-corrected chi connectivity index (χ4v) is 5.95. The van der Waals surface area contributed by atoms with Crippen molar-refractivity contribution in [2.45, 2.75) is 55.9 Å². The van der Waals surface area contributed by atoms with E-state index >= 15 is 0 Å². The summed E-state index contributed by atoms with van der Waals surface area (Å²) in [6, 6.07) is 5.95. The van der Waals surface area contributed by atoms with E-state index < -0.39 is 9.84 Å². The van der Waals surface area contributed by atoms with Gasteiger partial charge in [0.1, 0.15) is 0 Å². The van der Waals surface area contributed by atoms with Crippen molar-refractivity contribution in [1.29, 1.82) is 0 Å². The molecule has 0 N–H and O–H groups in total. The van der Waals surface area contributed by atoms with Gasteiger partial charge in [-0.25, -0.2) is 8.42 Å². The third-order valence-electron chi connectivity index (χ3n) is 6.17. The smallest absolute Gasteiger partial charge is 0.223 e. The van der Waals surface area contributed by atoms with E-state index in [1.807, 2.05) is 17.0 Å². The Bertz CT molecular complexity index is 790. The first kappa shape index (κ1) is 18.0. The van der Waals surface area contributed by atoms with Gasteiger partial charge in [-0.05, 0) is 68.3 Å². The highest BCUT2D eigenvalue weighted by Gasteiger charge is 2.31. The van der Waals surface area contributed by atoms with Crippen molar-refractivity contribution in [3.8, 4) is 0 Å². The van der Waals surface area contributed by atoms with Crippen LogP contribution in [0.2, 0.25) is 0 Å². The Kier molecular flexibility index (Phi) is 5.06. The normalized spacial score (nSPS) is 23.5. The lowest BCUT2D eigenvalue weighted by Gasteiger charge is -2.25. The fourth-order valence-electron chi connectivity index (χ4n) is 4.67. The molecule has 0 unspecified atom stereocenters. The van der Waals surface area contributed by atoms with Gasteiger partial charge in [-0.1, -0.05) is 6.07 Å². The van der Waals surface area contributed by atoms with Crippen LogP contribution in [0.15, 0.2) is 23.1 Å². The Labute approximate surface area is 156 Å². The summed E-state index contributed by atoms with van der Waals surface area (Å²) in [5.41, 5.74) is 2.43. The average Bonchev–Trinajstić information content (AvgIpc) is 3.23. The van der Waals surface area contributed by atoms with Crippen molar-refractivity contribution >= 4 is 15.7 Å². The van der Waals surface area contributed by atoms with Crippen LogP contribution in [0.5, 0.6) is 0 Å². The number of carbonyl (C=O) groups is 1. The lowest BCUT2D eigenvalue weighted by molar-refractivity contribution is -0.131. The van der Waals surface area contributed by atoms with Gasteiger partial charge in [-0.3, -0.25) is 9.69 Å². The first-order chi connectivity index (χ1) is 12.5. The highest BCUT2D eigenvalue weighted by atomic mass is 32.2. The van der Waals surface area contributed by atoms with E-state index in [1.54, 1.807) is 6.07 Å². The minimum absolute atomic E-state index is 0.0107. The second kappa shape index (κ2) is 7.31. The third-order valence-corrected chi connectivity index (χ3v) is 7.88. The molecule has 26 heavy (non-hydrogen) atoms. The van der Waals surface area contributed by atoms with Gasteiger partial charge in [-0.15, -0.1) is 0 Å². The number of sulfone groups is 1. The fraction of sp³-hybridized carbons (Fsp3) is 0.650. The van der Waals surface area contributed by atoms with Gasteiger partial charge in [0.25, 0.3) is 0 Å². The number of hydrogen-bond donors (Lipinski definition) is 0. The number of rotatable bonds is 4. The van der Waals surface area contributed by atoms with Crippen LogP contribution in [-0.4, -0.2) is 62.1 Å². The number of fused-ring (bicyclic) bond motifs is 2. The molecule has 1 amide bonds. The van der Waals surface area contributed by atoms with Crippen molar-refractivity contribution < 1.29 is 13.2 Å². The molecule has 2 saturated heterocycles. The maximum Gasteiger partial charge on any atom is 0.223 e. The maximum absolute atomic E-state index is 12.7. The topological polar surface area (TPSA) is 57.7 Å². The summed E-state index contributed by atoms with van der Waals surface area (Å²) in [5, 5.41) is 0. The predicted octanol–water partition coefficient (Wildman–Crippen LogP) is 2.04. The molecular formula is C20H28N2O3S. The molecule has 0 bridgehead atoms. The predicted molar refractivity (Wildman–Crippen MR) is 101 cm³/mol. The number of nitrogens with zero attached hydrogens (tertiary/aromatic N) is 2. The average molecular weight is 377 g/mol. The maximum atomic E-state index is 12.7. The molecule has 5 nitrogen and oxygen atoms in total. The first-order valence-corrected chi connectivity index (χ1v) is 11.5. The van der Waals surface area contributed by atoms with Crippen molar-refractivity contribution in [2.24, 2.45) is 0 Å². The summed E-state index contributed by atoms with van der Waals surface area (Å²) >= 11 is 0. The van der Waals surface area contributed by atoms with Gasteiger partial charge in [0, 0.05) is 32.1 Å². The summed E-state index contributed by atoms with van der Waals surface area (Å²) in [6.07, 6.45) is 6.54. The number of amides is 1. The van der Waals surface area contributed by atoms with Gasteiger partial charge < -0.3 is 4.90 Å². The standard InChI is InChI=1S/C20H28N2O3S/c23-20(22-12-3-11-21-10-2-6-18(21)15-22)9-13-26(24,25)19-8-7-16-4-1-5-17(16)14-19/h7-8,14,18H,1-6,9-13,15H2/t18-/m1/s1. The zero-order valence-electron chi connectivity index (χ0n) is 15.3. The molecule has 1 atom stereocenters. The number of aryl methyl sites for hydroxylation is 2. The molecule has 142 valence electrons. The number of carbonyl (C=O) groups excluding carboxylic acids is 1. The Morgan fingerprint density at radius 2 is 1.85 bits per heavy atom. The lowest BCUT2D eigenvalue weighted by Crippen LogP contribution is -2.40. The molecule has 0 saturated carbocycles. The molecular weight excluding hydrogens is 348 g/mol. The van der Waals surface area contributed by atoms with Gasteiger partial charge >= 0.3 is 0 Å². The molecule has 6 heteroatoms. The zero-order chi connectivity index (χ0) is 18.1.